The van der Waals surface area contributed by atoms with Gasteiger partial charge in [0.15, 0.2) is 0 Å². The lowest BCUT2D eigenvalue weighted by molar-refractivity contribution is 0.811. The summed E-state index contributed by atoms with van der Waals surface area (Å²) in [5, 5.41) is 0. The Morgan fingerprint density at radius 3 is 2.40 bits per heavy atom. The summed E-state index contributed by atoms with van der Waals surface area (Å²) in [5.41, 5.74) is 2.75. The third-order valence-electron chi connectivity index (χ3n) is 2.05. The van der Waals surface area contributed by atoms with Crippen LogP contribution in [0.2, 0.25) is 0 Å². The van der Waals surface area contributed by atoms with Gasteiger partial charge in [-0.15, -0.1) is 0 Å². The van der Waals surface area contributed by atoms with Gasteiger partial charge in [0, 0.05) is 0 Å². The van der Waals surface area contributed by atoms with Crippen LogP contribution in [0.3, 0.4) is 0 Å². The van der Waals surface area contributed by atoms with Crippen LogP contribution < -0.4 is 0 Å². The average Bonchev–Trinajstić information content (AvgIpc) is 2.55. The molecule has 0 amide bonds. The SMILES string of the molecule is Cc1nc(C(C)C)c2n1C2. The van der Waals surface area contributed by atoms with Gasteiger partial charge in [0.25, 0.3) is 0 Å². The quantitative estimate of drug-likeness (QED) is 0.583. The molecule has 10 heavy (non-hydrogen) atoms. The smallest absolute Gasteiger partial charge is 0.106 e. The van der Waals surface area contributed by atoms with E-state index in [0.717, 1.165) is 6.54 Å². The maximum atomic E-state index is 4.44. The highest BCUT2D eigenvalue weighted by molar-refractivity contribution is 5.29. The number of aryl methyl sites for hydroxylation is 1. The first kappa shape index (κ1) is 5.96. The number of aromatic nitrogens is 2. The number of hydrogen-bond donors (Lipinski definition) is 0. The average molecular weight is 136 g/mol. The zero-order valence-electron chi connectivity index (χ0n) is 6.68. The van der Waals surface area contributed by atoms with E-state index in [9.17, 15) is 0 Å². The van der Waals surface area contributed by atoms with E-state index in [1.807, 2.05) is 0 Å². The molecule has 54 valence electrons. The van der Waals surface area contributed by atoms with Crippen LogP contribution in [0.1, 0.15) is 37.0 Å². The Bertz CT molecular complexity index is 271. The molecule has 2 rings (SSSR count). The second-order valence-corrected chi connectivity index (χ2v) is 3.23. The number of nitrogens with zero attached hydrogens (tertiary/aromatic N) is 2. The third-order valence-corrected chi connectivity index (χ3v) is 2.05. The molecule has 0 saturated carbocycles. The minimum Gasteiger partial charge on any atom is -0.324 e. The summed E-state index contributed by atoms with van der Waals surface area (Å²) in [6, 6.07) is 0. The van der Waals surface area contributed by atoms with E-state index < -0.39 is 0 Å². The molecule has 1 aromatic rings. The molecule has 0 N–H and O–H groups in total. The minimum absolute atomic E-state index is 0.595. The zero-order valence-corrected chi connectivity index (χ0v) is 6.68. The maximum Gasteiger partial charge on any atom is 0.106 e. The molecule has 0 spiro atoms. The van der Waals surface area contributed by atoms with Gasteiger partial charge < -0.3 is 4.57 Å². The van der Waals surface area contributed by atoms with E-state index in [0.29, 0.717) is 5.92 Å². The van der Waals surface area contributed by atoms with Crippen LogP contribution in [0.5, 0.6) is 0 Å². The van der Waals surface area contributed by atoms with E-state index in [1.54, 1.807) is 0 Å². The Hall–Kier alpha value is -0.790. The van der Waals surface area contributed by atoms with Gasteiger partial charge in [0.2, 0.25) is 0 Å². The first-order valence-electron chi connectivity index (χ1n) is 3.76. The summed E-state index contributed by atoms with van der Waals surface area (Å²) in [7, 11) is 0. The molecule has 0 unspecified atom stereocenters. The summed E-state index contributed by atoms with van der Waals surface area (Å²) in [4.78, 5) is 4.44. The van der Waals surface area contributed by atoms with Crippen molar-refractivity contribution in [3.63, 3.8) is 0 Å². The van der Waals surface area contributed by atoms with Crippen molar-refractivity contribution in [1.82, 2.24) is 9.55 Å². The molecule has 2 heterocycles. The third kappa shape index (κ3) is 0.618. The second-order valence-electron chi connectivity index (χ2n) is 3.23. The molecular formula is C8H12N2. The van der Waals surface area contributed by atoms with Gasteiger partial charge >= 0.3 is 0 Å². The van der Waals surface area contributed by atoms with Gasteiger partial charge in [0.1, 0.15) is 5.82 Å². The molecule has 0 bridgehead atoms. The molecule has 0 aromatic carbocycles. The second kappa shape index (κ2) is 1.62. The summed E-state index contributed by atoms with van der Waals surface area (Å²) in [6.07, 6.45) is 0. The molecule has 0 aliphatic carbocycles. The van der Waals surface area contributed by atoms with Gasteiger partial charge in [-0.2, -0.15) is 0 Å². The molecule has 2 nitrogen and oxygen atoms in total. The van der Waals surface area contributed by atoms with E-state index in [2.05, 4.69) is 30.3 Å². The van der Waals surface area contributed by atoms with Gasteiger partial charge in [-0.25, -0.2) is 4.98 Å². The van der Waals surface area contributed by atoms with Gasteiger partial charge in [-0.05, 0) is 12.8 Å². The molecule has 2 heteroatoms. The van der Waals surface area contributed by atoms with Crippen molar-refractivity contribution in [3.05, 3.63) is 17.2 Å². The fourth-order valence-electron chi connectivity index (χ4n) is 1.40. The van der Waals surface area contributed by atoms with Crippen LogP contribution in [0.25, 0.3) is 0 Å². The first-order valence-corrected chi connectivity index (χ1v) is 3.76. The van der Waals surface area contributed by atoms with Crippen LogP contribution in [0.15, 0.2) is 0 Å². The fourth-order valence-corrected chi connectivity index (χ4v) is 1.40. The predicted octanol–water partition coefficient (Wildman–Crippen LogP) is 1.68. The molecule has 0 saturated heterocycles. The van der Waals surface area contributed by atoms with Crippen LogP contribution in [0.4, 0.5) is 0 Å². The van der Waals surface area contributed by atoms with E-state index in [-0.39, 0.29) is 0 Å². The first-order chi connectivity index (χ1) is 4.70. The van der Waals surface area contributed by atoms with E-state index in [1.165, 1.54) is 17.2 Å². The lowest BCUT2D eigenvalue weighted by atomic mass is 10.1. The van der Waals surface area contributed by atoms with Gasteiger partial charge in [-0.3, -0.25) is 0 Å². The number of imidazole rings is 1. The topological polar surface area (TPSA) is 17.8 Å². The number of hydrogen-bond acceptors (Lipinski definition) is 1. The van der Waals surface area contributed by atoms with Gasteiger partial charge in [-0.1, -0.05) is 13.8 Å². The summed E-state index contributed by atoms with van der Waals surface area (Å²) in [5.74, 6) is 1.77. The highest BCUT2D eigenvalue weighted by atomic mass is 15.2. The Labute approximate surface area is 60.9 Å². The van der Waals surface area contributed by atoms with Crippen LogP contribution in [-0.2, 0) is 6.54 Å². The van der Waals surface area contributed by atoms with Crippen LogP contribution in [0, 0.1) is 6.92 Å². The molecule has 1 aromatic heterocycles. The molecule has 1 aliphatic heterocycles. The van der Waals surface area contributed by atoms with Crippen molar-refractivity contribution in [2.75, 3.05) is 0 Å². The van der Waals surface area contributed by atoms with Crippen molar-refractivity contribution < 1.29 is 0 Å². The summed E-state index contributed by atoms with van der Waals surface area (Å²) < 4.78 is 2.26. The molecular weight excluding hydrogens is 124 g/mol. The number of fused-ring (bicyclic) bond motifs is 1. The highest BCUT2D eigenvalue weighted by Crippen LogP contribution is 2.29. The Kier molecular flexibility index (Phi) is 0.967. The predicted molar refractivity (Wildman–Crippen MR) is 40.2 cm³/mol. The largest absolute Gasteiger partial charge is 0.324 e. The summed E-state index contributed by atoms with van der Waals surface area (Å²) >= 11 is 0. The number of rotatable bonds is 1. The van der Waals surface area contributed by atoms with Crippen LogP contribution in [-0.4, -0.2) is 9.55 Å². The monoisotopic (exact) mass is 136 g/mol. The van der Waals surface area contributed by atoms with E-state index in [4.69, 9.17) is 0 Å². The Morgan fingerprint density at radius 1 is 1.50 bits per heavy atom. The zero-order chi connectivity index (χ0) is 7.30. The lowest BCUT2D eigenvalue weighted by Crippen LogP contribution is -1.90. The molecule has 0 fully saturated rings. The van der Waals surface area contributed by atoms with Crippen molar-refractivity contribution in [2.45, 2.75) is 33.2 Å². The molecule has 0 radical (unpaired) electrons. The molecule has 1 aliphatic rings. The lowest BCUT2D eigenvalue weighted by Gasteiger charge is -1.97. The van der Waals surface area contributed by atoms with Crippen molar-refractivity contribution >= 4 is 0 Å². The maximum absolute atomic E-state index is 4.44. The minimum atomic E-state index is 0.595. The standard InChI is InChI=1S/C8H12N2/c1-5(2)8-7-4-10(7)6(3)9-8/h5H,4H2,1-3H3. The fraction of sp³-hybridized carbons (Fsp3) is 0.625. The summed E-state index contributed by atoms with van der Waals surface area (Å²) in [6.45, 7) is 7.60. The normalized spacial score (nSPS) is 14.0. The molecule has 0 atom stereocenters. The Morgan fingerprint density at radius 2 is 2.20 bits per heavy atom. The van der Waals surface area contributed by atoms with Crippen molar-refractivity contribution in [1.29, 1.82) is 0 Å². The van der Waals surface area contributed by atoms with Crippen LogP contribution >= 0.6 is 0 Å². The van der Waals surface area contributed by atoms with E-state index >= 15 is 0 Å². The van der Waals surface area contributed by atoms with Crippen molar-refractivity contribution in [3.8, 4) is 0 Å². The van der Waals surface area contributed by atoms with Gasteiger partial charge in [0.05, 0.1) is 17.9 Å². The Balaban J connectivity index is 2.46. The highest BCUT2D eigenvalue weighted by Gasteiger charge is 2.26. The van der Waals surface area contributed by atoms with Crippen molar-refractivity contribution in [2.24, 2.45) is 0 Å².